The van der Waals surface area contributed by atoms with Crippen LogP contribution in [0.2, 0.25) is 0 Å². The number of rotatable bonds is 3. The van der Waals surface area contributed by atoms with Gasteiger partial charge in [-0.2, -0.15) is 8.78 Å². The fraction of sp³-hybridized carbons (Fsp3) is 0.0909. The van der Waals surface area contributed by atoms with Gasteiger partial charge in [-0.25, -0.2) is 0 Å². The van der Waals surface area contributed by atoms with Crippen molar-refractivity contribution in [2.75, 3.05) is 0 Å². The normalized spacial score (nSPS) is 10.4. The number of ether oxygens (including phenoxy) is 1. The molecule has 2 rings (SSSR count). The number of hydrogen-bond acceptors (Lipinski definition) is 3. The van der Waals surface area contributed by atoms with Gasteiger partial charge in [0.2, 0.25) is 0 Å². The third-order valence-corrected chi connectivity index (χ3v) is 1.94. The second-order valence-electron chi connectivity index (χ2n) is 2.96. The third kappa shape index (κ3) is 2.31. The molecule has 0 aliphatic heterocycles. The Morgan fingerprint density at radius 1 is 1.06 bits per heavy atom. The van der Waals surface area contributed by atoms with Crippen molar-refractivity contribution in [3.8, 4) is 17.0 Å². The lowest BCUT2D eigenvalue weighted by Gasteiger charge is -2.08. The Morgan fingerprint density at radius 3 is 2.50 bits per heavy atom. The van der Waals surface area contributed by atoms with Crippen LogP contribution in [0.15, 0.2) is 42.9 Å². The minimum Gasteiger partial charge on any atom is -0.432 e. The predicted octanol–water partition coefficient (Wildman–Crippen LogP) is 2.75. The molecule has 0 atom stereocenters. The summed E-state index contributed by atoms with van der Waals surface area (Å²) in [5, 5.41) is 0. The van der Waals surface area contributed by atoms with Crippen LogP contribution in [0.25, 0.3) is 11.3 Å². The van der Waals surface area contributed by atoms with Crippen molar-refractivity contribution in [2.45, 2.75) is 6.61 Å². The zero-order valence-corrected chi connectivity index (χ0v) is 8.18. The molecule has 0 spiro atoms. The van der Waals surface area contributed by atoms with E-state index in [0.29, 0.717) is 11.3 Å². The summed E-state index contributed by atoms with van der Waals surface area (Å²) >= 11 is 0. The highest BCUT2D eigenvalue weighted by Gasteiger charge is 2.11. The fourth-order valence-corrected chi connectivity index (χ4v) is 1.31. The van der Waals surface area contributed by atoms with Crippen LogP contribution in [0.4, 0.5) is 8.78 Å². The summed E-state index contributed by atoms with van der Waals surface area (Å²) in [4.78, 5) is 7.86. The molecule has 82 valence electrons. The molecular weight excluding hydrogens is 214 g/mol. The molecule has 0 amide bonds. The Labute approximate surface area is 90.7 Å². The molecule has 0 aromatic carbocycles. The van der Waals surface area contributed by atoms with Crippen molar-refractivity contribution in [3.05, 3.63) is 42.9 Å². The van der Waals surface area contributed by atoms with Crippen LogP contribution in [-0.4, -0.2) is 16.6 Å². The van der Waals surface area contributed by atoms with Gasteiger partial charge in [-0.05, 0) is 24.3 Å². The molecule has 0 saturated carbocycles. The monoisotopic (exact) mass is 222 g/mol. The van der Waals surface area contributed by atoms with Crippen LogP contribution < -0.4 is 4.74 Å². The van der Waals surface area contributed by atoms with E-state index in [1.807, 2.05) is 0 Å². The maximum Gasteiger partial charge on any atom is 0.387 e. The second-order valence-corrected chi connectivity index (χ2v) is 2.96. The van der Waals surface area contributed by atoms with E-state index in [1.165, 1.54) is 12.3 Å². The minimum atomic E-state index is -2.86. The molecule has 0 N–H and O–H groups in total. The van der Waals surface area contributed by atoms with Crippen molar-refractivity contribution in [2.24, 2.45) is 0 Å². The van der Waals surface area contributed by atoms with Crippen LogP contribution in [0, 0.1) is 0 Å². The van der Waals surface area contributed by atoms with Gasteiger partial charge in [-0.3, -0.25) is 9.97 Å². The van der Waals surface area contributed by atoms with Crippen molar-refractivity contribution < 1.29 is 13.5 Å². The minimum absolute atomic E-state index is 0.0590. The van der Waals surface area contributed by atoms with E-state index < -0.39 is 6.61 Å². The molecular formula is C11H8F2N2O. The molecule has 0 fully saturated rings. The first-order chi connectivity index (χ1) is 7.77. The Hall–Kier alpha value is -2.04. The maximum absolute atomic E-state index is 12.2. The zero-order valence-electron chi connectivity index (χ0n) is 8.18. The first-order valence-electron chi connectivity index (χ1n) is 4.57. The van der Waals surface area contributed by atoms with Crippen molar-refractivity contribution in [1.82, 2.24) is 9.97 Å². The lowest BCUT2D eigenvalue weighted by Crippen LogP contribution is -2.03. The maximum atomic E-state index is 12.2. The van der Waals surface area contributed by atoms with Gasteiger partial charge >= 0.3 is 6.61 Å². The molecule has 16 heavy (non-hydrogen) atoms. The molecule has 2 heterocycles. The van der Waals surface area contributed by atoms with Gasteiger partial charge in [0, 0.05) is 24.2 Å². The average Bonchev–Trinajstić information content (AvgIpc) is 2.30. The number of pyridine rings is 2. The van der Waals surface area contributed by atoms with Gasteiger partial charge in [-0.15, -0.1) is 0 Å². The number of alkyl halides is 2. The third-order valence-electron chi connectivity index (χ3n) is 1.94. The van der Waals surface area contributed by atoms with E-state index in [4.69, 9.17) is 0 Å². The predicted molar refractivity (Wildman–Crippen MR) is 54.1 cm³/mol. The molecule has 0 unspecified atom stereocenters. The molecule has 5 heteroatoms. The Kier molecular flexibility index (Phi) is 3.05. The first kappa shape index (κ1) is 10.5. The topological polar surface area (TPSA) is 35.0 Å². The van der Waals surface area contributed by atoms with Crippen LogP contribution in [-0.2, 0) is 0 Å². The molecule has 0 radical (unpaired) electrons. The number of hydrogen-bond donors (Lipinski definition) is 0. The molecule has 0 aliphatic carbocycles. The van der Waals surface area contributed by atoms with Gasteiger partial charge in [0.1, 0.15) is 5.69 Å². The summed E-state index contributed by atoms with van der Waals surface area (Å²) in [5.74, 6) is 0.0590. The van der Waals surface area contributed by atoms with Crippen molar-refractivity contribution >= 4 is 0 Å². The SMILES string of the molecule is FC(F)Oc1cccnc1-c1ccncc1. The first-order valence-corrected chi connectivity index (χ1v) is 4.57. The van der Waals surface area contributed by atoms with Crippen LogP contribution in [0.1, 0.15) is 0 Å². The summed E-state index contributed by atoms with van der Waals surface area (Å²) in [6, 6.07) is 6.36. The van der Waals surface area contributed by atoms with Gasteiger partial charge in [0.05, 0.1) is 0 Å². The van der Waals surface area contributed by atoms with Gasteiger partial charge < -0.3 is 4.74 Å². The lowest BCUT2D eigenvalue weighted by molar-refractivity contribution is -0.0496. The van der Waals surface area contributed by atoms with E-state index in [0.717, 1.165) is 0 Å². The van der Waals surface area contributed by atoms with Gasteiger partial charge in [0.15, 0.2) is 5.75 Å². The summed E-state index contributed by atoms with van der Waals surface area (Å²) in [6.07, 6.45) is 4.65. The van der Waals surface area contributed by atoms with E-state index >= 15 is 0 Å². The smallest absolute Gasteiger partial charge is 0.387 e. The standard InChI is InChI=1S/C11H8F2N2O/c12-11(13)16-9-2-1-5-15-10(9)8-3-6-14-7-4-8/h1-7,11H. The molecule has 0 aliphatic rings. The summed E-state index contributed by atoms with van der Waals surface area (Å²) in [5.41, 5.74) is 1.07. The van der Waals surface area contributed by atoms with Crippen LogP contribution in [0.3, 0.4) is 0 Å². The van der Waals surface area contributed by atoms with Gasteiger partial charge in [-0.1, -0.05) is 0 Å². The number of halogens is 2. The Bertz CT molecular complexity index is 463. The van der Waals surface area contributed by atoms with E-state index in [2.05, 4.69) is 14.7 Å². The van der Waals surface area contributed by atoms with Crippen molar-refractivity contribution in [1.29, 1.82) is 0 Å². The molecule has 3 nitrogen and oxygen atoms in total. The second kappa shape index (κ2) is 4.65. The summed E-state index contributed by atoms with van der Waals surface area (Å²) in [6.45, 7) is -2.86. The van der Waals surface area contributed by atoms with E-state index in [-0.39, 0.29) is 5.75 Å². The van der Waals surface area contributed by atoms with E-state index in [9.17, 15) is 8.78 Å². The lowest BCUT2D eigenvalue weighted by atomic mass is 10.1. The Balaban J connectivity index is 2.41. The van der Waals surface area contributed by atoms with Crippen molar-refractivity contribution in [3.63, 3.8) is 0 Å². The molecule has 0 bridgehead atoms. The van der Waals surface area contributed by atoms with Crippen LogP contribution >= 0.6 is 0 Å². The van der Waals surface area contributed by atoms with E-state index in [1.54, 1.807) is 30.6 Å². The highest BCUT2D eigenvalue weighted by molar-refractivity contribution is 5.65. The highest BCUT2D eigenvalue weighted by atomic mass is 19.3. The largest absolute Gasteiger partial charge is 0.432 e. The zero-order chi connectivity index (χ0) is 11.4. The number of aromatic nitrogens is 2. The fourth-order valence-electron chi connectivity index (χ4n) is 1.31. The molecule has 2 aromatic rings. The van der Waals surface area contributed by atoms with Crippen LogP contribution in [0.5, 0.6) is 5.75 Å². The summed E-state index contributed by atoms with van der Waals surface area (Å²) in [7, 11) is 0. The Morgan fingerprint density at radius 2 is 1.81 bits per heavy atom. The quantitative estimate of drug-likeness (QED) is 0.800. The van der Waals surface area contributed by atoms with Gasteiger partial charge in [0.25, 0.3) is 0 Å². The molecule has 0 saturated heterocycles. The number of nitrogens with zero attached hydrogens (tertiary/aromatic N) is 2. The summed E-state index contributed by atoms with van der Waals surface area (Å²) < 4.78 is 28.7. The molecule has 2 aromatic heterocycles. The highest BCUT2D eigenvalue weighted by Crippen LogP contribution is 2.27. The average molecular weight is 222 g/mol.